The van der Waals surface area contributed by atoms with Gasteiger partial charge in [0.05, 0.1) is 13.7 Å². The zero-order valence-electron chi connectivity index (χ0n) is 12.0. The van der Waals surface area contributed by atoms with Crippen LogP contribution in [0.25, 0.3) is 0 Å². The lowest BCUT2D eigenvalue weighted by Crippen LogP contribution is -2.18. The van der Waals surface area contributed by atoms with E-state index in [0.717, 1.165) is 17.9 Å². The first kappa shape index (κ1) is 14.6. The predicted octanol–water partition coefficient (Wildman–Crippen LogP) is 3.04. The third-order valence-electron chi connectivity index (χ3n) is 3.41. The van der Waals surface area contributed by atoms with Gasteiger partial charge < -0.3 is 15.2 Å². The van der Waals surface area contributed by atoms with Crippen molar-refractivity contribution in [2.24, 2.45) is 0 Å². The molecule has 2 N–H and O–H groups in total. The van der Waals surface area contributed by atoms with Crippen LogP contribution in [0.3, 0.4) is 0 Å². The molecule has 0 fully saturated rings. The summed E-state index contributed by atoms with van der Waals surface area (Å²) in [6.45, 7) is 3.02. The average molecular weight is 271 g/mol. The van der Waals surface area contributed by atoms with Crippen LogP contribution in [0.15, 0.2) is 48.5 Å². The lowest BCUT2D eigenvalue weighted by atomic mass is 10.1. The van der Waals surface area contributed by atoms with Crippen LogP contribution in [0.1, 0.15) is 29.7 Å². The SMILES string of the molecule is COc1cccc([C@@H](C)NCc2ccc(CO)cc2)c1. The topological polar surface area (TPSA) is 41.5 Å². The van der Waals surface area contributed by atoms with Crippen molar-refractivity contribution in [1.82, 2.24) is 5.32 Å². The number of ether oxygens (including phenoxy) is 1. The second kappa shape index (κ2) is 7.08. The van der Waals surface area contributed by atoms with E-state index < -0.39 is 0 Å². The standard InChI is InChI=1S/C17H21NO2/c1-13(16-4-3-5-17(10-16)20-2)18-11-14-6-8-15(12-19)9-7-14/h3-10,13,18-19H,11-12H2,1-2H3/t13-/m1/s1. The summed E-state index contributed by atoms with van der Waals surface area (Å²) in [5.74, 6) is 0.878. The molecule has 0 aromatic heterocycles. The van der Waals surface area contributed by atoms with Crippen LogP contribution in [-0.2, 0) is 13.2 Å². The van der Waals surface area contributed by atoms with E-state index >= 15 is 0 Å². The number of methoxy groups -OCH3 is 1. The van der Waals surface area contributed by atoms with Gasteiger partial charge in [0.2, 0.25) is 0 Å². The highest BCUT2D eigenvalue weighted by molar-refractivity contribution is 5.30. The molecule has 3 heteroatoms. The van der Waals surface area contributed by atoms with E-state index in [1.165, 1.54) is 11.1 Å². The van der Waals surface area contributed by atoms with E-state index in [1.54, 1.807) is 7.11 Å². The third kappa shape index (κ3) is 3.83. The molecule has 0 spiro atoms. The molecule has 2 aromatic carbocycles. The molecular weight excluding hydrogens is 250 g/mol. The van der Waals surface area contributed by atoms with Gasteiger partial charge in [-0.25, -0.2) is 0 Å². The van der Waals surface area contributed by atoms with Crippen molar-refractivity contribution in [2.75, 3.05) is 7.11 Å². The Morgan fingerprint density at radius 3 is 2.45 bits per heavy atom. The fraction of sp³-hybridized carbons (Fsp3) is 0.294. The van der Waals surface area contributed by atoms with Crippen LogP contribution >= 0.6 is 0 Å². The summed E-state index contributed by atoms with van der Waals surface area (Å²) in [5, 5.41) is 12.5. The summed E-state index contributed by atoms with van der Waals surface area (Å²) < 4.78 is 5.24. The average Bonchev–Trinajstić information content (AvgIpc) is 2.53. The number of aliphatic hydroxyl groups is 1. The Hall–Kier alpha value is -1.84. The Labute approximate surface area is 120 Å². The second-order valence-electron chi connectivity index (χ2n) is 4.85. The van der Waals surface area contributed by atoms with Crippen LogP contribution in [0.5, 0.6) is 5.75 Å². The van der Waals surface area contributed by atoms with Crippen LogP contribution in [0.2, 0.25) is 0 Å². The number of rotatable bonds is 6. The van der Waals surface area contributed by atoms with Gasteiger partial charge in [-0.05, 0) is 35.7 Å². The first-order valence-corrected chi connectivity index (χ1v) is 6.79. The van der Waals surface area contributed by atoms with E-state index in [2.05, 4.69) is 18.3 Å². The second-order valence-corrected chi connectivity index (χ2v) is 4.85. The summed E-state index contributed by atoms with van der Waals surface area (Å²) in [4.78, 5) is 0. The van der Waals surface area contributed by atoms with Crippen molar-refractivity contribution >= 4 is 0 Å². The molecule has 1 atom stereocenters. The lowest BCUT2D eigenvalue weighted by Gasteiger charge is -2.15. The fourth-order valence-electron chi connectivity index (χ4n) is 2.06. The number of hydrogen-bond donors (Lipinski definition) is 2. The van der Waals surface area contributed by atoms with Gasteiger partial charge >= 0.3 is 0 Å². The number of hydrogen-bond acceptors (Lipinski definition) is 3. The Bertz CT molecular complexity index is 537. The monoisotopic (exact) mass is 271 g/mol. The van der Waals surface area contributed by atoms with Crippen molar-refractivity contribution in [1.29, 1.82) is 0 Å². The van der Waals surface area contributed by atoms with E-state index in [9.17, 15) is 0 Å². The van der Waals surface area contributed by atoms with Crippen LogP contribution < -0.4 is 10.1 Å². The molecule has 0 amide bonds. The van der Waals surface area contributed by atoms with E-state index in [0.29, 0.717) is 0 Å². The zero-order chi connectivity index (χ0) is 14.4. The molecule has 20 heavy (non-hydrogen) atoms. The molecule has 2 aromatic rings. The maximum atomic E-state index is 9.02. The largest absolute Gasteiger partial charge is 0.497 e. The van der Waals surface area contributed by atoms with Crippen molar-refractivity contribution in [3.05, 3.63) is 65.2 Å². The smallest absolute Gasteiger partial charge is 0.119 e. The Morgan fingerprint density at radius 1 is 1.10 bits per heavy atom. The van der Waals surface area contributed by atoms with Crippen LogP contribution in [0, 0.1) is 0 Å². The minimum absolute atomic E-state index is 0.0912. The highest BCUT2D eigenvalue weighted by Crippen LogP contribution is 2.19. The normalized spacial score (nSPS) is 12.2. The summed E-state index contributed by atoms with van der Waals surface area (Å²) in [7, 11) is 1.68. The van der Waals surface area contributed by atoms with E-state index in [-0.39, 0.29) is 12.6 Å². The highest BCUT2D eigenvalue weighted by atomic mass is 16.5. The molecule has 0 aliphatic rings. The fourth-order valence-corrected chi connectivity index (χ4v) is 2.06. The van der Waals surface area contributed by atoms with Gasteiger partial charge in [-0.1, -0.05) is 36.4 Å². The maximum absolute atomic E-state index is 9.02. The van der Waals surface area contributed by atoms with Gasteiger partial charge in [0, 0.05) is 12.6 Å². The number of nitrogens with one attached hydrogen (secondary N) is 1. The van der Waals surface area contributed by atoms with Crippen molar-refractivity contribution in [3.8, 4) is 5.75 Å². The highest BCUT2D eigenvalue weighted by Gasteiger charge is 2.05. The summed E-state index contributed by atoms with van der Waals surface area (Å²) in [5.41, 5.74) is 3.35. The molecular formula is C17H21NO2. The number of aliphatic hydroxyl groups excluding tert-OH is 1. The molecule has 0 aliphatic heterocycles. The molecule has 0 aliphatic carbocycles. The van der Waals surface area contributed by atoms with Crippen LogP contribution in [-0.4, -0.2) is 12.2 Å². The molecule has 2 rings (SSSR count). The first-order valence-electron chi connectivity index (χ1n) is 6.79. The van der Waals surface area contributed by atoms with Gasteiger partial charge in [0.1, 0.15) is 5.75 Å². The Morgan fingerprint density at radius 2 is 1.80 bits per heavy atom. The third-order valence-corrected chi connectivity index (χ3v) is 3.41. The van der Waals surface area contributed by atoms with Gasteiger partial charge in [0.25, 0.3) is 0 Å². The maximum Gasteiger partial charge on any atom is 0.119 e. The minimum Gasteiger partial charge on any atom is -0.497 e. The molecule has 0 radical (unpaired) electrons. The lowest BCUT2D eigenvalue weighted by molar-refractivity contribution is 0.282. The molecule has 0 saturated heterocycles. The van der Waals surface area contributed by atoms with Gasteiger partial charge in [0.15, 0.2) is 0 Å². The van der Waals surface area contributed by atoms with Crippen molar-refractivity contribution in [3.63, 3.8) is 0 Å². The van der Waals surface area contributed by atoms with E-state index in [1.807, 2.05) is 42.5 Å². The van der Waals surface area contributed by atoms with Crippen molar-refractivity contribution < 1.29 is 9.84 Å². The summed E-state index contributed by atoms with van der Waals surface area (Å²) >= 11 is 0. The molecule has 0 heterocycles. The van der Waals surface area contributed by atoms with E-state index in [4.69, 9.17) is 9.84 Å². The molecule has 3 nitrogen and oxygen atoms in total. The van der Waals surface area contributed by atoms with Gasteiger partial charge in [-0.15, -0.1) is 0 Å². The van der Waals surface area contributed by atoms with Gasteiger partial charge in [-0.3, -0.25) is 0 Å². The van der Waals surface area contributed by atoms with Gasteiger partial charge in [-0.2, -0.15) is 0 Å². The first-order chi connectivity index (χ1) is 9.72. The minimum atomic E-state index is 0.0912. The molecule has 0 unspecified atom stereocenters. The zero-order valence-corrected chi connectivity index (χ0v) is 12.0. The Kier molecular flexibility index (Phi) is 5.16. The number of benzene rings is 2. The molecule has 0 saturated carbocycles. The Balaban J connectivity index is 1.95. The van der Waals surface area contributed by atoms with Crippen LogP contribution in [0.4, 0.5) is 0 Å². The quantitative estimate of drug-likeness (QED) is 0.848. The predicted molar refractivity (Wildman–Crippen MR) is 80.6 cm³/mol. The summed E-state index contributed by atoms with van der Waals surface area (Å²) in [6.07, 6.45) is 0. The summed E-state index contributed by atoms with van der Waals surface area (Å²) in [6, 6.07) is 16.3. The molecule has 106 valence electrons. The molecule has 0 bridgehead atoms. The van der Waals surface area contributed by atoms with Crippen molar-refractivity contribution in [2.45, 2.75) is 26.1 Å².